The number of amides is 2. The number of rotatable bonds is 2. The minimum absolute atomic E-state index is 0.0586. The first kappa shape index (κ1) is 18.4. The third-order valence-electron chi connectivity index (χ3n) is 7.48. The van der Waals surface area contributed by atoms with Crippen LogP contribution in [0, 0.1) is 22.0 Å². The van der Waals surface area contributed by atoms with Crippen molar-refractivity contribution in [3.63, 3.8) is 0 Å². The largest absolute Gasteiger partial charge is 0.454 e. The van der Waals surface area contributed by atoms with Crippen LogP contribution in [0.3, 0.4) is 0 Å². The molecule has 5 aliphatic rings. The summed E-state index contributed by atoms with van der Waals surface area (Å²) in [4.78, 5) is 41.4. The third-order valence-corrected chi connectivity index (χ3v) is 7.48. The van der Waals surface area contributed by atoms with E-state index in [9.17, 15) is 19.7 Å². The molecular weight excluding hydrogens is 424 g/mol. The predicted octanol–water partition coefficient (Wildman–Crippen LogP) is 3.20. The highest BCUT2D eigenvalue weighted by Crippen LogP contribution is 2.64. The van der Waals surface area contributed by atoms with Crippen molar-refractivity contribution >= 4 is 17.5 Å². The van der Waals surface area contributed by atoms with Crippen molar-refractivity contribution in [2.75, 3.05) is 11.7 Å². The molecule has 0 N–H and O–H groups in total. The Morgan fingerprint density at radius 2 is 1.52 bits per heavy atom. The Morgan fingerprint density at radius 1 is 0.879 bits per heavy atom. The summed E-state index contributed by atoms with van der Waals surface area (Å²) in [5.74, 6) is -2.46. The van der Waals surface area contributed by atoms with Crippen LogP contribution in [0.5, 0.6) is 11.5 Å². The molecule has 33 heavy (non-hydrogen) atoms. The van der Waals surface area contributed by atoms with Crippen molar-refractivity contribution in [3.05, 3.63) is 99.1 Å². The van der Waals surface area contributed by atoms with E-state index in [0.29, 0.717) is 28.3 Å². The number of carbonyl (C=O) groups is 2. The van der Waals surface area contributed by atoms with Crippen LogP contribution in [0.15, 0.2) is 66.7 Å². The molecule has 1 saturated heterocycles. The third kappa shape index (κ3) is 1.97. The molecule has 0 spiro atoms. The maximum atomic E-state index is 13.9. The molecule has 3 aromatic rings. The van der Waals surface area contributed by atoms with Gasteiger partial charge < -0.3 is 9.47 Å². The SMILES string of the molecule is O=C1[C@@H]2C3c4ccccc4C([N+](=O)[O-])(c4ccccc43)[C@@H]2C(=O)N1c1ccc2c(c1)OCO2. The second-order valence-electron chi connectivity index (χ2n) is 8.73. The van der Waals surface area contributed by atoms with Crippen molar-refractivity contribution in [3.8, 4) is 11.5 Å². The molecule has 8 nitrogen and oxygen atoms in total. The lowest BCUT2D eigenvalue weighted by atomic mass is 9.51. The van der Waals surface area contributed by atoms with Crippen molar-refractivity contribution < 1.29 is 24.0 Å². The van der Waals surface area contributed by atoms with Crippen LogP contribution in [0.25, 0.3) is 0 Å². The van der Waals surface area contributed by atoms with E-state index in [4.69, 9.17) is 9.47 Å². The molecule has 1 fully saturated rings. The molecule has 0 unspecified atom stereocenters. The Labute approximate surface area is 187 Å². The fourth-order valence-corrected chi connectivity index (χ4v) is 6.32. The lowest BCUT2D eigenvalue weighted by Crippen LogP contribution is -2.57. The number of hydrogen-bond acceptors (Lipinski definition) is 6. The van der Waals surface area contributed by atoms with Crippen molar-refractivity contribution in [2.45, 2.75) is 11.5 Å². The number of benzene rings is 3. The molecule has 8 heteroatoms. The van der Waals surface area contributed by atoms with E-state index in [-0.39, 0.29) is 11.7 Å². The molecule has 3 aliphatic carbocycles. The number of hydrogen-bond donors (Lipinski definition) is 0. The molecule has 2 heterocycles. The van der Waals surface area contributed by atoms with Gasteiger partial charge in [-0.05, 0) is 23.3 Å². The summed E-state index contributed by atoms with van der Waals surface area (Å²) >= 11 is 0. The van der Waals surface area contributed by atoms with E-state index >= 15 is 0 Å². The Balaban J connectivity index is 1.50. The van der Waals surface area contributed by atoms with Gasteiger partial charge in [0.05, 0.1) is 11.6 Å². The summed E-state index contributed by atoms with van der Waals surface area (Å²) in [6.07, 6.45) is 0. The smallest absolute Gasteiger partial charge is 0.285 e. The molecule has 3 aromatic carbocycles. The summed E-state index contributed by atoms with van der Waals surface area (Å²) in [6, 6.07) is 19.1. The molecule has 2 amide bonds. The maximum absolute atomic E-state index is 13.9. The zero-order valence-corrected chi connectivity index (χ0v) is 17.1. The van der Waals surface area contributed by atoms with E-state index in [1.807, 2.05) is 24.3 Å². The first-order valence-electron chi connectivity index (χ1n) is 10.7. The van der Waals surface area contributed by atoms with Gasteiger partial charge in [0.25, 0.3) is 5.54 Å². The monoisotopic (exact) mass is 440 g/mol. The van der Waals surface area contributed by atoms with E-state index in [1.54, 1.807) is 42.5 Å². The molecule has 0 radical (unpaired) electrons. The molecular formula is C25H16N2O6. The minimum atomic E-state index is -1.83. The highest BCUT2D eigenvalue weighted by Gasteiger charge is 2.74. The summed E-state index contributed by atoms with van der Waals surface area (Å²) in [5.41, 5.74) is 0.965. The fraction of sp³-hybridized carbons (Fsp3) is 0.200. The number of carbonyl (C=O) groups excluding carboxylic acids is 2. The number of ether oxygens (including phenoxy) is 2. The predicted molar refractivity (Wildman–Crippen MR) is 115 cm³/mol. The fourth-order valence-electron chi connectivity index (χ4n) is 6.32. The summed E-state index contributed by atoms with van der Waals surface area (Å²) in [5, 5.41) is 12.9. The number of nitrogens with zero attached hydrogens (tertiary/aromatic N) is 2. The molecule has 162 valence electrons. The van der Waals surface area contributed by atoms with Crippen molar-refractivity contribution in [1.82, 2.24) is 0 Å². The zero-order valence-electron chi connectivity index (χ0n) is 17.1. The molecule has 8 rings (SSSR count). The van der Waals surface area contributed by atoms with Crippen LogP contribution >= 0.6 is 0 Å². The van der Waals surface area contributed by atoms with Gasteiger partial charge in [0, 0.05) is 28.0 Å². The Hall–Kier alpha value is -4.20. The molecule has 0 aromatic heterocycles. The van der Waals surface area contributed by atoms with Gasteiger partial charge >= 0.3 is 0 Å². The average molecular weight is 440 g/mol. The highest BCUT2D eigenvalue weighted by atomic mass is 16.7. The summed E-state index contributed by atoms with van der Waals surface area (Å²) in [6.45, 7) is 0.0586. The van der Waals surface area contributed by atoms with Gasteiger partial charge in [0.2, 0.25) is 18.6 Å². The lowest BCUT2D eigenvalue weighted by molar-refractivity contribution is -0.578. The van der Waals surface area contributed by atoms with E-state index < -0.39 is 35.1 Å². The first-order valence-corrected chi connectivity index (χ1v) is 10.7. The topological polar surface area (TPSA) is 99.0 Å². The number of anilines is 1. The van der Waals surface area contributed by atoms with Gasteiger partial charge in [-0.2, -0.15) is 0 Å². The molecule has 0 saturated carbocycles. The van der Waals surface area contributed by atoms with Crippen LogP contribution in [-0.2, 0) is 15.1 Å². The molecule has 2 atom stereocenters. The highest BCUT2D eigenvalue weighted by molar-refractivity contribution is 6.23. The van der Waals surface area contributed by atoms with Crippen LogP contribution in [0.2, 0.25) is 0 Å². The Kier molecular flexibility index (Phi) is 3.33. The summed E-state index contributed by atoms with van der Waals surface area (Å²) in [7, 11) is 0. The van der Waals surface area contributed by atoms with E-state index in [0.717, 1.165) is 16.0 Å². The second-order valence-corrected chi connectivity index (χ2v) is 8.73. The second kappa shape index (κ2) is 5.98. The van der Waals surface area contributed by atoms with E-state index in [1.165, 1.54) is 0 Å². The standard InChI is InChI=1S/C25H16N2O6/c28-23-21-20-14-5-1-3-7-16(14)25(27(30)31,17-8-4-2-6-15(17)20)22(21)24(29)26(23)13-9-10-18-19(11-13)33-12-32-18/h1-11,20-22H,12H2/t20?,21-,22+,25?/m1/s1. The Bertz CT molecular complexity index is 1370. The number of imide groups is 1. The minimum Gasteiger partial charge on any atom is -0.454 e. The van der Waals surface area contributed by atoms with Crippen LogP contribution in [0.4, 0.5) is 5.69 Å². The maximum Gasteiger partial charge on any atom is 0.285 e. The van der Waals surface area contributed by atoms with Gasteiger partial charge in [-0.3, -0.25) is 19.7 Å². The lowest BCUT2D eigenvalue weighted by Gasteiger charge is -2.48. The number of nitro groups is 1. The first-order chi connectivity index (χ1) is 16.0. The van der Waals surface area contributed by atoms with Crippen molar-refractivity contribution in [1.29, 1.82) is 0 Å². The Morgan fingerprint density at radius 3 is 2.18 bits per heavy atom. The van der Waals surface area contributed by atoms with Crippen LogP contribution in [-0.4, -0.2) is 23.5 Å². The summed E-state index contributed by atoms with van der Waals surface area (Å²) < 4.78 is 10.8. The van der Waals surface area contributed by atoms with Gasteiger partial charge in [-0.15, -0.1) is 0 Å². The molecule has 2 bridgehead atoms. The van der Waals surface area contributed by atoms with Gasteiger partial charge in [0.15, 0.2) is 11.5 Å². The van der Waals surface area contributed by atoms with E-state index in [2.05, 4.69) is 0 Å². The number of fused-ring (bicyclic) bond motifs is 1. The van der Waals surface area contributed by atoms with Crippen LogP contribution in [0.1, 0.15) is 28.2 Å². The van der Waals surface area contributed by atoms with Gasteiger partial charge in [-0.25, -0.2) is 4.90 Å². The molecule has 2 aliphatic heterocycles. The van der Waals surface area contributed by atoms with Gasteiger partial charge in [0.1, 0.15) is 5.92 Å². The van der Waals surface area contributed by atoms with Gasteiger partial charge in [-0.1, -0.05) is 48.5 Å². The van der Waals surface area contributed by atoms with Crippen LogP contribution < -0.4 is 14.4 Å². The normalized spacial score (nSPS) is 27.9. The zero-order chi connectivity index (χ0) is 22.5. The quantitative estimate of drug-likeness (QED) is 0.345. The average Bonchev–Trinajstić information content (AvgIpc) is 3.41. The van der Waals surface area contributed by atoms with Crippen molar-refractivity contribution in [2.24, 2.45) is 11.8 Å².